The van der Waals surface area contributed by atoms with E-state index in [0.29, 0.717) is 0 Å². The van der Waals surface area contributed by atoms with Gasteiger partial charge in [-0.2, -0.15) is 0 Å². The molecule has 0 amide bonds. The minimum Gasteiger partial charge on any atom is -0.456 e. The Labute approximate surface area is 350 Å². The molecule has 0 aliphatic rings. The molecular formula is C57H34N2O2. The zero-order valence-corrected chi connectivity index (χ0v) is 32.8. The number of para-hydroxylation sites is 3. The summed E-state index contributed by atoms with van der Waals surface area (Å²) in [6, 6.07) is 73.1. The van der Waals surface area contributed by atoms with Crippen LogP contribution in [0.3, 0.4) is 0 Å². The van der Waals surface area contributed by atoms with Crippen molar-refractivity contribution in [1.29, 1.82) is 0 Å². The second-order valence-electron chi connectivity index (χ2n) is 15.9. The smallest absolute Gasteiger partial charge is 0.146 e. The summed E-state index contributed by atoms with van der Waals surface area (Å²) < 4.78 is 15.6. The molecule has 4 aromatic heterocycles. The highest BCUT2D eigenvalue weighted by atomic mass is 16.3. The highest BCUT2D eigenvalue weighted by molar-refractivity contribution is 6.18. The van der Waals surface area contributed by atoms with E-state index >= 15 is 0 Å². The van der Waals surface area contributed by atoms with Crippen LogP contribution in [0.5, 0.6) is 0 Å². The van der Waals surface area contributed by atoms with Crippen LogP contribution < -0.4 is 0 Å². The number of hydrogen-bond donors (Lipinski definition) is 0. The van der Waals surface area contributed by atoms with Gasteiger partial charge in [0.05, 0.1) is 16.6 Å². The number of hydrogen-bond acceptors (Lipinski definition) is 3. The van der Waals surface area contributed by atoms with E-state index < -0.39 is 0 Å². The highest BCUT2D eigenvalue weighted by Gasteiger charge is 2.23. The van der Waals surface area contributed by atoms with Crippen LogP contribution in [0.2, 0.25) is 0 Å². The van der Waals surface area contributed by atoms with E-state index in [2.05, 4.69) is 205 Å². The fourth-order valence-electron chi connectivity index (χ4n) is 9.52. The van der Waals surface area contributed by atoms with E-state index in [0.717, 1.165) is 116 Å². The molecule has 4 heteroatoms. The Kier molecular flexibility index (Phi) is 7.27. The minimum absolute atomic E-state index is 0.849. The summed E-state index contributed by atoms with van der Waals surface area (Å²) >= 11 is 0. The summed E-state index contributed by atoms with van der Waals surface area (Å²) in [4.78, 5) is 5.51. The van der Waals surface area contributed by atoms with Crippen molar-refractivity contribution in [2.45, 2.75) is 0 Å². The van der Waals surface area contributed by atoms with Gasteiger partial charge >= 0.3 is 0 Å². The van der Waals surface area contributed by atoms with Crippen molar-refractivity contribution in [3.63, 3.8) is 0 Å². The Morgan fingerprint density at radius 2 is 0.918 bits per heavy atom. The lowest BCUT2D eigenvalue weighted by Gasteiger charge is -2.16. The van der Waals surface area contributed by atoms with Gasteiger partial charge in [-0.05, 0) is 100 Å². The first kappa shape index (κ1) is 33.7. The Balaban J connectivity index is 1.03. The lowest BCUT2D eigenvalue weighted by Crippen LogP contribution is -2.01. The zero-order chi connectivity index (χ0) is 40.0. The van der Waals surface area contributed by atoms with Crippen molar-refractivity contribution in [2.24, 2.45) is 0 Å². The van der Waals surface area contributed by atoms with Gasteiger partial charge in [0.25, 0.3) is 0 Å². The molecule has 284 valence electrons. The van der Waals surface area contributed by atoms with Crippen molar-refractivity contribution in [3.8, 4) is 50.3 Å². The molecule has 0 atom stereocenters. The van der Waals surface area contributed by atoms with E-state index in [-0.39, 0.29) is 0 Å². The van der Waals surface area contributed by atoms with E-state index in [1.165, 1.54) is 11.1 Å². The van der Waals surface area contributed by atoms with Gasteiger partial charge in [0, 0.05) is 48.8 Å². The summed E-state index contributed by atoms with van der Waals surface area (Å²) in [5.74, 6) is 0.854. The van der Waals surface area contributed by atoms with Crippen LogP contribution >= 0.6 is 0 Å². The third-order valence-electron chi connectivity index (χ3n) is 12.4. The average Bonchev–Trinajstić information content (AvgIpc) is 4.01. The standard InChI is InChI=1S/C57H34N2O2/c1-3-13-35(14-4-1)37-24-29-53-46(32-37)47-33-39(25-30-54(47)60-53)38-23-28-51-45(31-38)42-18-8-11-21-50(42)59(51)57-48(34-40-17-7-10-20-49(40)58-57)43-27-26-41(36-15-5-2-6-16-36)55-44-19-9-12-22-52(44)61-56(43)55/h1-34H. The number of rotatable bonds is 5. The molecule has 9 aromatic carbocycles. The molecule has 0 saturated carbocycles. The first-order valence-corrected chi connectivity index (χ1v) is 20.7. The normalized spacial score (nSPS) is 11.9. The molecule has 0 fully saturated rings. The van der Waals surface area contributed by atoms with Crippen LogP contribution in [0, 0.1) is 0 Å². The van der Waals surface area contributed by atoms with Crippen LogP contribution in [0.4, 0.5) is 0 Å². The minimum atomic E-state index is 0.849. The summed E-state index contributed by atoms with van der Waals surface area (Å²) in [7, 11) is 0. The molecule has 0 saturated heterocycles. The third kappa shape index (κ3) is 5.22. The molecule has 0 radical (unpaired) electrons. The van der Waals surface area contributed by atoms with Gasteiger partial charge < -0.3 is 8.83 Å². The molecule has 0 N–H and O–H groups in total. The van der Waals surface area contributed by atoms with Crippen molar-refractivity contribution in [2.75, 3.05) is 0 Å². The van der Waals surface area contributed by atoms with Crippen molar-refractivity contribution in [3.05, 3.63) is 206 Å². The number of nitrogens with zero attached hydrogens (tertiary/aromatic N) is 2. The summed E-state index contributed by atoms with van der Waals surface area (Å²) in [5.41, 5.74) is 15.5. The third-order valence-corrected chi connectivity index (χ3v) is 12.4. The average molecular weight is 779 g/mol. The van der Waals surface area contributed by atoms with Crippen LogP contribution in [-0.4, -0.2) is 9.55 Å². The molecule has 13 aromatic rings. The van der Waals surface area contributed by atoms with E-state index in [9.17, 15) is 0 Å². The molecule has 4 heterocycles. The van der Waals surface area contributed by atoms with Crippen molar-refractivity contribution < 1.29 is 8.83 Å². The van der Waals surface area contributed by atoms with Crippen LogP contribution in [0.15, 0.2) is 215 Å². The molecule has 0 bridgehead atoms. The van der Waals surface area contributed by atoms with Gasteiger partial charge in [-0.1, -0.05) is 140 Å². The van der Waals surface area contributed by atoms with Gasteiger partial charge in [0.15, 0.2) is 0 Å². The molecule has 0 aliphatic carbocycles. The van der Waals surface area contributed by atoms with E-state index in [1.807, 2.05) is 6.07 Å². The molecular weight excluding hydrogens is 745 g/mol. The molecule has 4 nitrogen and oxygen atoms in total. The van der Waals surface area contributed by atoms with Crippen LogP contribution in [0.1, 0.15) is 0 Å². The van der Waals surface area contributed by atoms with Gasteiger partial charge in [-0.15, -0.1) is 0 Å². The molecule has 0 aliphatic heterocycles. The number of fused-ring (bicyclic) bond motifs is 10. The predicted molar refractivity (Wildman–Crippen MR) is 252 cm³/mol. The fourth-order valence-corrected chi connectivity index (χ4v) is 9.52. The lowest BCUT2D eigenvalue weighted by molar-refractivity contribution is 0.669. The zero-order valence-electron chi connectivity index (χ0n) is 32.8. The number of benzene rings is 9. The monoisotopic (exact) mass is 778 g/mol. The highest BCUT2D eigenvalue weighted by Crippen LogP contribution is 2.45. The van der Waals surface area contributed by atoms with Crippen LogP contribution in [-0.2, 0) is 0 Å². The predicted octanol–water partition coefficient (Wildman–Crippen LogP) is 15.8. The Morgan fingerprint density at radius 3 is 1.70 bits per heavy atom. The second kappa shape index (κ2) is 13.2. The second-order valence-corrected chi connectivity index (χ2v) is 15.9. The topological polar surface area (TPSA) is 44.1 Å². The molecule has 61 heavy (non-hydrogen) atoms. The van der Waals surface area contributed by atoms with Gasteiger partial charge in [0.2, 0.25) is 0 Å². The van der Waals surface area contributed by atoms with E-state index in [1.54, 1.807) is 0 Å². The molecule has 0 unspecified atom stereocenters. The summed E-state index contributed by atoms with van der Waals surface area (Å²) in [6.45, 7) is 0. The van der Waals surface area contributed by atoms with Gasteiger partial charge in [-0.25, -0.2) is 4.98 Å². The van der Waals surface area contributed by atoms with Crippen LogP contribution in [0.25, 0.3) is 127 Å². The van der Waals surface area contributed by atoms with Gasteiger partial charge in [0.1, 0.15) is 28.1 Å². The van der Waals surface area contributed by atoms with Gasteiger partial charge in [-0.3, -0.25) is 4.57 Å². The Bertz CT molecular complexity index is 3870. The molecule has 13 rings (SSSR count). The summed E-state index contributed by atoms with van der Waals surface area (Å²) in [6.07, 6.45) is 0. The maximum atomic E-state index is 6.86. The first-order chi connectivity index (χ1) is 30.2. The molecule has 0 spiro atoms. The number of furan rings is 2. The quantitative estimate of drug-likeness (QED) is 0.175. The Morgan fingerprint density at radius 1 is 0.344 bits per heavy atom. The maximum absolute atomic E-state index is 6.86. The largest absolute Gasteiger partial charge is 0.456 e. The summed E-state index contributed by atoms with van der Waals surface area (Å²) in [5, 5.41) is 7.80. The fraction of sp³-hybridized carbons (Fsp3) is 0. The SMILES string of the molecule is c1ccc(-c2ccc3oc4ccc(-c5ccc6c(c5)c5ccccc5n6-c5nc6ccccc6cc5-c5ccc(-c6ccccc6)c6c5oc5ccccc56)cc4c3c2)cc1. The number of pyridine rings is 1. The van der Waals surface area contributed by atoms with Crippen molar-refractivity contribution in [1.82, 2.24) is 9.55 Å². The van der Waals surface area contributed by atoms with Crippen molar-refractivity contribution >= 4 is 76.6 Å². The number of aromatic nitrogens is 2. The maximum Gasteiger partial charge on any atom is 0.146 e. The lowest BCUT2D eigenvalue weighted by atomic mass is 9.94. The van der Waals surface area contributed by atoms with E-state index in [4.69, 9.17) is 13.8 Å². The Hall–Kier alpha value is -8.21. The first-order valence-electron chi connectivity index (χ1n) is 20.7.